The molecule has 0 spiro atoms. The number of hydrogen-bond acceptors (Lipinski definition) is 2. The van der Waals surface area contributed by atoms with E-state index in [-0.39, 0.29) is 0 Å². The Kier molecular flexibility index (Phi) is 7.26. The van der Waals surface area contributed by atoms with Gasteiger partial charge in [-0.25, -0.2) is 8.42 Å². The summed E-state index contributed by atoms with van der Waals surface area (Å²) in [6.07, 6.45) is 7.70. The summed E-state index contributed by atoms with van der Waals surface area (Å²) in [6, 6.07) is 7.20. The van der Waals surface area contributed by atoms with Crippen molar-refractivity contribution in [2.24, 2.45) is 11.8 Å². The van der Waals surface area contributed by atoms with Crippen molar-refractivity contribution in [3.05, 3.63) is 41.5 Å². The number of aryl methyl sites for hydroxylation is 1. The van der Waals surface area contributed by atoms with Crippen molar-refractivity contribution < 1.29 is 8.42 Å². The Balaban J connectivity index is 2.03. The molecular weight excluding hydrogens is 330 g/mol. The minimum Gasteiger partial charge on any atom is -0.207 e. The average molecular weight is 364 g/mol. The molecule has 1 aliphatic rings. The second-order valence-corrected chi connectivity index (χ2v) is 9.51. The number of sulfonamides is 1. The van der Waals surface area contributed by atoms with E-state index in [1.807, 2.05) is 26.0 Å². The first-order chi connectivity index (χ1) is 11.8. The molecule has 25 heavy (non-hydrogen) atoms. The van der Waals surface area contributed by atoms with Crippen LogP contribution in [0.1, 0.15) is 58.4 Å². The van der Waals surface area contributed by atoms with Gasteiger partial charge in [-0.3, -0.25) is 0 Å². The van der Waals surface area contributed by atoms with Gasteiger partial charge in [-0.2, -0.15) is 4.31 Å². The zero-order valence-electron chi connectivity index (χ0n) is 16.2. The number of benzene rings is 1. The van der Waals surface area contributed by atoms with E-state index in [2.05, 4.69) is 19.9 Å². The van der Waals surface area contributed by atoms with Crippen molar-refractivity contribution in [3.8, 4) is 0 Å². The Morgan fingerprint density at radius 2 is 1.84 bits per heavy atom. The molecule has 0 fully saturated rings. The van der Waals surface area contributed by atoms with Gasteiger partial charge in [0, 0.05) is 13.1 Å². The third-order valence-electron chi connectivity index (χ3n) is 5.45. The summed E-state index contributed by atoms with van der Waals surface area (Å²) < 4.78 is 27.6. The number of hydrogen-bond donors (Lipinski definition) is 0. The Labute approximate surface area is 154 Å². The molecule has 0 saturated heterocycles. The molecular formula is C21H33NO2S. The minimum absolute atomic E-state index is 0.412. The molecule has 0 aromatic heterocycles. The van der Waals surface area contributed by atoms with Crippen LogP contribution in [0.25, 0.3) is 0 Å². The maximum absolute atomic E-state index is 13.0. The molecule has 4 heteroatoms. The maximum atomic E-state index is 13.0. The van der Waals surface area contributed by atoms with E-state index in [9.17, 15) is 8.42 Å². The zero-order valence-corrected chi connectivity index (χ0v) is 17.0. The standard InChI is InChI=1S/C21H33NO2S/c1-5-15-22(25(23,24)21-12-8-18(3)9-13-21)16-14-19(4)20-10-6-17(2)7-11-20/h6,8-9,12-13,19-20H,5,7,10-11,14-16H2,1-4H3/t19?,20-/m0/s1. The predicted molar refractivity (Wildman–Crippen MR) is 105 cm³/mol. The van der Waals surface area contributed by atoms with Crippen molar-refractivity contribution in [3.63, 3.8) is 0 Å². The van der Waals surface area contributed by atoms with Crippen molar-refractivity contribution in [1.29, 1.82) is 0 Å². The third kappa shape index (κ3) is 5.42. The van der Waals surface area contributed by atoms with Gasteiger partial charge in [-0.05, 0) is 69.9 Å². The van der Waals surface area contributed by atoms with Gasteiger partial charge in [0.05, 0.1) is 4.90 Å². The summed E-state index contributed by atoms with van der Waals surface area (Å²) >= 11 is 0. The van der Waals surface area contributed by atoms with Crippen LogP contribution in [0.3, 0.4) is 0 Å². The molecule has 0 aliphatic heterocycles. The second-order valence-electron chi connectivity index (χ2n) is 7.57. The molecule has 0 amide bonds. The maximum Gasteiger partial charge on any atom is 0.243 e. The molecule has 1 unspecified atom stereocenters. The van der Waals surface area contributed by atoms with Crippen LogP contribution >= 0.6 is 0 Å². The van der Waals surface area contributed by atoms with E-state index in [0.29, 0.717) is 29.8 Å². The van der Waals surface area contributed by atoms with Crippen LogP contribution in [-0.2, 0) is 10.0 Å². The van der Waals surface area contributed by atoms with Gasteiger partial charge in [-0.15, -0.1) is 0 Å². The third-order valence-corrected chi connectivity index (χ3v) is 7.36. The Morgan fingerprint density at radius 1 is 1.16 bits per heavy atom. The highest BCUT2D eigenvalue weighted by Crippen LogP contribution is 2.31. The van der Waals surface area contributed by atoms with Crippen LogP contribution in [0.15, 0.2) is 40.8 Å². The fraction of sp³-hybridized carbons (Fsp3) is 0.619. The highest BCUT2D eigenvalue weighted by molar-refractivity contribution is 7.89. The lowest BCUT2D eigenvalue weighted by atomic mass is 9.80. The van der Waals surface area contributed by atoms with Crippen molar-refractivity contribution >= 4 is 10.0 Å². The van der Waals surface area contributed by atoms with Crippen LogP contribution in [0.5, 0.6) is 0 Å². The summed E-state index contributed by atoms with van der Waals surface area (Å²) in [5.74, 6) is 1.24. The van der Waals surface area contributed by atoms with Crippen LogP contribution in [0, 0.1) is 18.8 Å². The van der Waals surface area contributed by atoms with Crippen LogP contribution in [-0.4, -0.2) is 25.8 Å². The van der Waals surface area contributed by atoms with Gasteiger partial charge in [0.15, 0.2) is 0 Å². The molecule has 1 aromatic carbocycles. The lowest BCUT2D eigenvalue weighted by Crippen LogP contribution is -2.34. The van der Waals surface area contributed by atoms with Crippen molar-refractivity contribution in [2.75, 3.05) is 13.1 Å². The fourth-order valence-corrected chi connectivity index (χ4v) is 5.09. The van der Waals surface area contributed by atoms with E-state index in [0.717, 1.165) is 24.8 Å². The van der Waals surface area contributed by atoms with E-state index < -0.39 is 10.0 Å². The summed E-state index contributed by atoms with van der Waals surface area (Å²) in [5, 5.41) is 0. The first-order valence-corrected chi connectivity index (χ1v) is 11.0. The number of nitrogens with zero attached hydrogens (tertiary/aromatic N) is 1. The van der Waals surface area contributed by atoms with E-state index in [4.69, 9.17) is 0 Å². The SMILES string of the molecule is CCCN(CCC(C)[C@H]1CC=C(C)CC1)S(=O)(=O)c1ccc(C)cc1. The normalized spacial score (nSPS) is 19.7. The lowest BCUT2D eigenvalue weighted by Gasteiger charge is -2.29. The molecule has 3 nitrogen and oxygen atoms in total. The van der Waals surface area contributed by atoms with Crippen LogP contribution in [0.2, 0.25) is 0 Å². The van der Waals surface area contributed by atoms with E-state index in [1.54, 1.807) is 16.4 Å². The molecule has 0 radical (unpaired) electrons. The summed E-state index contributed by atoms with van der Waals surface area (Å²) in [7, 11) is -3.39. The Hall–Kier alpha value is -1.13. The molecule has 0 bridgehead atoms. The highest BCUT2D eigenvalue weighted by atomic mass is 32.2. The smallest absolute Gasteiger partial charge is 0.207 e. The zero-order chi connectivity index (χ0) is 18.4. The van der Waals surface area contributed by atoms with Gasteiger partial charge in [0.2, 0.25) is 10.0 Å². The highest BCUT2D eigenvalue weighted by Gasteiger charge is 2.26. The monoisotopic (exact) mass is 363 g/mol. The largest absolute Gasteiger partial charge is 0.243 e. The van der Waals surface area contributed by atoms with Gasteiger partial charge >= 0.3 is 0 Å². The average Bonchev–Trinajstić information content (AvgIpc) is 2.59. The quantitative estimate of drug-likeness (QED) is 0.598. The molecule has 0 heterocycles. The topological polar surface area (TPSA) is 37.4 Å². The molecule has 140 valence electrons. The Morgan fingerprint density at radius 3 is 2.40 bits per heavy atom. The second kappa shape index (κ2) is 9.00. The van der Waals surface area contributed by atoms with Gasteiger partial charge in [0.25, 0.3) is 0 Å². The molecule has 2 rings (SSSR count). The molecule has 1 aliphatic carbocycles. The molecule has 2 atom stereocenters. The molecule has 0 N–H and O–H groups in total. The van der Waals surface area contributed by atoms with Gasteiger partial charge in [-0.1, -0.05) is 43.2 Å². The van der Waals surface area contributed by atoms with Gasteiger partial charge in [0.1, 0.15) is 0 Å². The molecule has 1 aromatic rings. The lowest BCUT2D eigenvalue weighted by molar-refractivity contribution is 0.281. The summed E-state index contributed by atoms with van der Waals surface area (Å²) in [5.41, 5.74) is 2.58. The Bertz CT molecular complexity index is 676. The minimum atomic E-state index is -3.39. The van der Waals surface area contributed by atoms with Crippen molar-refractivity contribution in [2.45, 2.75) is 64.7 Å². The van der Waals surface area contributed by atoms with Crippen LogP contribution in [0.4, 0.5) is 0 Å². The first kappa shape index (κ1) is 20.2. The van der Waals surface area contributed by atoms with Crippen LogP contribution < -0.4 is 0 Å². The van der Waals surface area contributed by atoms with E-state index >= 15 is 0 Å². The van der Waals surface area contributed by atoms with E-state index in [1.165, 1.54) is 18.4 Å². The van der Waals surface area contributed by atoms with Gasteiger partial charge < -0.3 is 0 Å². The first-order valence-electron chi connectivity index (χ1n) is 9.57. The van der Waals surface area contributed by atoms with Crippen molar-refractivity contribution in [1.82, 2.24) is 4.31 Å². The number of rotatable bonds is 8. The fourth-order valence-electron chi connectivity index (χ4n) is 3.55. The summed E-state index contributed by atoms with van der Waals surface area (Å²) in [6.45, 7) is 9.70. The molecule has 0 saturated carbocycles. The predicted octanol–water partition coefficient (Wildman–Crippen LogP) is 5.17. The summed E-state index contributed by atoms with van der Waals surface area (Å²) in [4.78, 5) is 0.412. The number of allylic oxidation sites excluding steroid dienone is 2.